The van der Waals surface area contributed by atoms with Gasteiger partial charge in [-0.25, -0.2) is 0 Å². The first-order chi connectivity index (χ1) is 9.40. The fourth-order valence-corrected chi connectivity index (χ4v) is 2.99. The first kappa shape index (κ1) is 18.1. The lowest BCUT2D eigenvalue weighted by molar-refractivity contribution is 0.175. The molecule has 2 N–H and O–H groups in total. The minimum absolute atomic E-state index is 0. The number of benzene rings is 1. The number of aromatic amines is 1. The highest BCUT2D eigenvalue weighted by Crippen LogP contribution is 2.31. The van der Waals surface area contributed by atoms with Crippen LogP contribution >= 0.6 is 24.8 Å². The number of hydrogen-bond donors (Lipinski definition) is 2. The molecule has 0 bridgehead atoms. The van der Waals surface area contributed by atoms with Crippen LogP contribution in [0, 0.1) is 0 Å². The maximum Gasteiger partial charge on any atom is 0.0457 e. The number of piperazine rings is 1. The third-order valence-electron chi connectivity index (χ3n) is 3.96. The number of nitrogens with one attached hydrogen (secondary N) is 2. The third-order valence-corrected chi connectivity index (χ3v) is 3.96. The molecule has 116 valence electrons. The van der Waals surface area contributed by atoms with Crippen molar-refractivity contribution in [2.75, 3.05) is 26.2 Å². The number of nitrogens with zero attached hydrogens (tertiary/aromatic N) is 1. The minimum atomic E-state index is 0. The molecule has 1 aromatic carbocycles. The summed E-state index contributed by atoms with van der Waals surface area (Å²) in [5.74, 6) is 0. The van der Waals surface area contributed by atoms with E-state index in [9.17, 15) is 0 Å². The molecule has 3 nitrogen and oxygen atoms in total. The standard InChI is InChI=1S/C16H21N3.2ClH/c1-2-5-16(19-10-8-17-9-11-19)14-12-18-15-7-4-3-6-13(14)15;;/h2-4,6-7,12,16-18H,1,5,8-11H2;2*1H/t16-;;/m1../s1. The Morgan fingerprint density at radius 2 is 1.90 bits per heavy atom. The van der Waals surface area contributed by atoms with Gasteiger partial charge < -0.3 is 10.3 Å². The van der Waals surface area contributed by atoms with E-state index in [1.807, 2.05) is 6.08 Å². The van der Waals surface area contributed by atoms with Gasteiger partial charge in [0, 0.05) is 49.3 Å². The van der Waals surface area contributed by atoms with Gasteiger partial charge in [0.05, 0.1) is 0 Å². The zero-order valence-electron chi connectivity index (χ0n) is 12.0. The smallest absolute Gasteiger partial charge is 0.0457 e. The zero-order chi connectivity index (χ0) is 13.1. The Kier molecular flexibility index (Phi) is 7.26. The van der Waals surface area contributed by atoms with Crippen molar-refractivity contribution in [2.24, 2.45) is 0 Å². The first-order valence-electron chi connectivity index (χ1n) is 7.02. The molecule has 1 saturated heterocycles. The predicted octanol–water partition coefficient (Wildman–Crippen LogP) is 3.53. The van der Waals surface area contributed by atoms with Gasteiger partial charge in [0.25, 0.3) is 0 Å². The topological polar surface area (TPSA) is 31.1 Å². The van der Waals surface area contributed by atoms with Gasteiger partial charge in [0.1, 0.15) is 0 Å². The number of fused-ring (bicyclic) bond motifs is 1. The summed E-state index contributed by atoms with van der Waals surface area (Å²) in [6.45, 7) is 8.31. The van der Waals surface area contributed by atoms with Crippen LogP contribution in [0.2, 0.25) is 0 Å². The van der Waals surface area contributed by atoms with Crippen molar-refractivity contribution in [1.82, 2.24) is 15.2 Å². The van der Waals surface area contributed by atoms with Gasteiger partial charge in [-0.15, -0.1) is 31.4 Å². The van der Waals surface area contributed by atoms with Crippen LogP contribution in [0.1, 0.15) is 18.0 Å². The zero-order valence-corrected chi connectivity index (χ0v) is 13.7. The van der Waals surface area contributed by atoms with E-state index in [1.165, 1.54) is 16.5 Å². The second kappa shape index (κ2) is 8.44. The number of aromatic nitrogens is 1. The molecule has 2 aromatic rings. The van der Waals surface area contributed by atoms with Crippen LogP contribution in [-0.2, 0) is 0 Å². The quantitative estimate of drug-likeness (QED) is 0.841. The summed E-state index contributed by atoms with van der Waals surface area (Å²) >= 11 is 0. The molecule has 0 aliphatic carbocycles. The van der Waals surface area contributed by atoms with Gasteiger partial charge in [-0.2, -0.15) is 0 Å². The van der Waals surface area contributed by atoms with E-state index < -0.39 is 0 Å². The van der Waals surface area contributed by atoms with Crippen molar-refractivity contribution in [2.45, 2.75) is 12.5 Å². The second-order valence-corrected chi connectivity index (χ2v) is 5.12. The van der Waals surface area contributed by atoms with E-state index in [1.54, 1.807) is 0 Å². The summed E-state index contributed by atoms with van der Waals surface area (Å²) in [4.78, 5) is 5.95. The Bertz CT molecular complexity index is 561. The fraction of sp³-hybridized carbons (Fsp3) is 0.375. The van der Waals surface area contributed by atoms with Gasteiger partial charge in [0.2, 0.25) is 0 Å². The average Bonchev–Trinajstić information content (AvgIpc) is 2.89. The third kappa shape index (κ3) is 3.80. The molecule has 0 radical (unpaired) electrons. The largest absolute Gasteiger partial charge is 0.361 e. The molecule has 1 aromatic heterocycles. The van der Waals surface area contributed by atoms with Gasteiger partial charge in [-0.05, 0) is 18.1 Å². The molecule has 3 rings (SSSR count). The van der Waals surface area contributed by atoms with Gasteiger partial charge >= 0.3 is 0 Å². The SMILES string of the molecule is C=CC[C@H](c1c[nH]c2ccccc12)N1CCNCC1.Cl.Cl. The number of hydrogen-bond acceptors (Lipinski definition) is 2. The lowest BCUT2D eigenvalue weighted by Crippen LogP contribution is -2.45. The van der Waals surface area contributed by atoms with Crippen LogP contribution in [0.25, 0.3) is 10.9 Å². The summed E-state index contributed by atoms with van der Waals surface area (Å²) in [5.41, 5.74) is 2.62. The highest BCUT2D eigenvalue weighted by molar-refractivity contribution is 5.85. The first-order valence-corrected chi connectivity index (χ1v) is 7.02. The van der Waals surface area contributed by atoms with Gasteiger partial charge in [-0.3, -0.25) is 4.90 Å². The van der Waals surface area contributed by atoms with Crippen molar-refractivity contribution >= 4 is 35.7 Å². The van der Waals surface area contributed by atoms with Crippen molar-refractivity contribution in [3.63, 3.8) is 0 Å². The lowest BCUT2D eigenvalue weighted by Gasteiger charge is -2.34. The second-order valence-electron chi connectivity index (χ2n) is 5.12. The van der Waals surface area contributed by atoms with E-state index in [0.29, 0.717) is 6.04 Å². The number of para-hydroxylation sites is 1. The minimum Gasteiger partial charge on any atom is -0.361 e. The number of rotatable bonds is 4. The molecule has 1 fully saturated rings. The summed E-state index contributed by atoms with van der Waals surface area (Å²) in [6, 6.07) is 8.98. The molecule has 5 heteroatoms. The van der Waals surface area contributed by atoms with Crippen LogP contribution in [0.4, 0.5) is 0 Å². The molecular formula is C16H23Cl2N3. The van der Waals surface area contributed by atoms with E-state index in [2.05, 4.69) is 52.2 Å². The Balaban J connectivity index is 0.00000110. The Hall–Kier alpha value is -1.000. The Morgan fingerprint density at radius 1 is 1.19 bits per heavy atom. The van der Waals surface area contributed by atoms with Crippen LogP contribution < -0.4 is 5.32 Å². The van der Waals surface area contributed by atoms with Gasteiger partial charge in [0.15, 0.2) is 0 Å². The van der Waals surface area contributed by atoms with Crippen LogP contribution in [0.3, 0.4) is 0 Å². The van der Waals surface area contributed by atoms with E-state index >= 15 is 0 Å². The Labute approximate surface area is 138 Å². The van der Waals surface area contributed by atoms with E-state index in [4.69, 9.17) is 0 Å². The van der Waals surface area contributed by atoms with Crippen molar-refractivity contribution in [3.05, 3.63) is 48.7 Å². The molecule has 0 spiro atoms. The van der Waals surface area contributed by atoms with Crippen LogP contribution in [-0.4, -0.2) is 36.1 Å². The van der Waals surface area contributed by atoms with Crippen LogP contribution in [0.5, 0.6) is 0 Å². The van der Waals surface area contributed by atoms with Crippen LogP contribution in [0.15, 0.2) is 43.1 Å². The summed E-state index contributed by atoms with van der Waals surface area (Å²) < 4.78 is 0. The normalized spacial score (nSPS) is 16.8. The molecule has 0 saturated carbocycles. The van der Waals surface area contributed by atoms with Crippen molar-refractivity contribution in [3.8, 4) is 0 Å². The summed E-state index contributed by atoms with van der Waals surface area (Å²) in [6.07, 6.45) is 5.21. The number of halogens is 2. The molecule has 21 heavy (non-hydrogen) atoms. The molecule has 1 aliphatic rings. The molecule has 1 atom stereocenters. The average molecular weight is 328 g/mol. The molecule has 0 unspecified atom stereocenters. The fourth-order valence-electron chi connectivity index (χ4n) is 2.99. The highest BCUT2D eigenvalue weighted by Gasteiger charge is 2.23. The Morgan fingerprint density at radius 3 is 2.62 bits per heavy atom. The predicted molar refractivity (Wildman–Crippen MR) is 94.8 cm³/mol. The lowest BCUT2D eigenvalue weighted by atomic mass is 10.0. The highest BCUT2D eigenvalue weighted by atomic mass is 35.5. The monoisotopic (exact) mass is 327 g/mol. The molecular weight excluding hydrogens is 305 g/mol. The summed E-state index contributed by atoms with van der Waals surface area (Å²) in [7, 11) is 0. The maximum atomic E-state index is 3.93. The maximum absolute atomic E-state index is 3.93. The number of H-pyrrole nitrogens is 1. The molecule has 2 heterocycles. The molecule has 0 amide bonds. The van der Waals surface area contributed by atoms with Crippen molar-refractivity contribution < 1.29 is 0 Å². The van der Waals surface area contributed by atoms with E-state index in [0.717, 1.165) is 32.6 Å². The molecule has 1 aliphatic heterocycles. The van der Waals surface area contributed by atoms with Gasteiger partial charge in [-0.1, -0.05) is 24.3 Å². The van der Waals surface area contributed by atoms with E-state index in [-0.39, 0.29) is 24.8 Å². The van der Waals surface area contributed by atoms with Crippen molar-refractivity contribution in [1.29, 1.82) is 0 Å². The summed E-state index contributed by atoms with van der Waals surface area (Å²) in [5, 5.41) is 4.76.